The normalized spacial score (nSPS) is 11.2. The molecule has 120 valence electrons. The third kappa shape index (κ3) is 3.41. The van der Waals surface area contributed by atoms with Gasteiger partial charge in [-0.15, -0.1) is 5.54 Å². The topological polar surface area (TPSA) is 56.0 Å². The lowest BCUT2D eigenvalue weighted by Crippen LogP contribution is -2.16. The third-order valence-electron chi connectivity index (χ3n) is 3.20. The Kier molecular flexibility index (Phi) is 4.04. The largest absolute Gasteiger partial charge is 0.436 e. The maximum absolute atomic E-state index is 13.0. The Balaban J connectivity index is 2.18. The Morgan fingerprint density at radius 3 is 2.50 bits per heavy atom. The van der Waals surface area contributed by atoms with Crippen molar-refractivity contribution in [2.24, 2.45) is 0 Å². The first-order valence-corrected chi connectivity index (χ1v) is 10.9. The van der Waals surface area contributed by atoms with E-state index in [9.17, 15) is 9.18 Å². The van der Waals surface area contributed by atoms with Crippen LogP contribution in [0.4, 0.5) is 4.39 Å². The van der Waals surface area contributed by atoms with E-state index in [1.54, 1.807) is 6.20 Å². The first-order chi connectivity index (χ1) is 11.3. The molecular formula is C18H15FN2O2Si. The Bertz CT molecular complexity index is 1030. The van der Waals surface area contributed by atoms with Gasteiger partial charge in [0.2, 0.25) is 5.89 Å². The van der Waals surface area contributed by atoms with Crippen LogP contribution in [0.2, 0.25) is 19.6 Å². The number of aromatic nitrogens is 2. The van der Waals surface area contributed by atoms with Crippen molar-refractivity contribution in [1.82, 2.24) is 9.97 Å². The van der Waals surface area contributed by atoms with E-state index in [0.717, 1.165) is 0 Å². The van der Waals surface area contributed by atoms with E-state index in [-0.39, 0.29) is 11.7 Å². The van der Waals surface area contributed by atoms with Gasteiger partial charge in [0.1, 0.15) is 19.3 Å². The predicted octanol–water partition coefficient (Wildman–Crippen LogP) is 3.62. The van der Waals surface area contributed by atoms with Crippen LogP contribution in [0.5, 0.6) is 0 Å². The molecule has 24 heavy (non-hydrogen) atoms. The molecule has 0 saturated heterocycles. The van der Waals surface area contributed by atoms with Gasteiger partial charge in [0.25, 0.3) is 5.56 Å². The molecule has 0 atom stereocenters. The minimum Gasteiger partial charge on any atom is -0.436 e. The molecule has 0 saturated carbocycles. The number of halogens is 1. The molecule has 0 N–H and O–H groups in total. The van der Waals surface area contributed by atoms with Gasteiger partial charge in [-0.2, -0.15) is 4.98 Å². The van der Waals surface area contributed by atoms with Crippen molar-refractivity contribution < 1.29 is 8.81 Å². The van der Waals surface area contributed by atoms with Gasteiger partial charge >= 0.3 is 0 Å². The highest BCUT2D eigenvalue weighted by molar-refractivity contribution is 6.83. The van der Waals surface area contributed by atoms with Gasteiger partial charge in [0, 0.05) is 11.8 Å². The molecule has 0 bridgehead atoms. The molecule has 2 aromatic heterocycles. The fraction of sp³-hybridized carbons (Fsp3) is 0.167. The Morgan fingerprint density at radius 2 is 1.83 bits per heavy atom. The van der Waals surface area contributed by atoms with E-state index in [4.69, 9.17) is 4.42 Å². The highest BCUT2D eigenvalue weighted by atomic mass is 28.3. The molecule has 0 aliphatic heterocycles. The van der Waals surface area contributed by atoms with Gasteiger partial charge in [-0.25, -0.2) is 4.39 Å². The van der Waals surface area contributed by atoms with Crippen LogP contribution in [0, 0.1) is 17.3 Å². The second-order valence-corrected chi connectivity index (χ2v) is 11.1. The zero-order valence-electron chi connectivity index (χ0n) is 13.6. The molecule has 6 heteroatoms. The van der Waals surface area contributed by atoms with Crippen LogP contribution in [-0.2, 0) is 0 Å². The van der Waals surface area contributed by atoms with Crippen LogP contribution >= 0.6 is 0 Å². The Labute approximate surface area is 139 Å². The van der Waals surface area contributed by atoms with Crippen molar-refractivity contribution in [2.75, 3.05) is 0 Å². The lowest BCUT2D eigenvalue weighted by Gasteiger charge is -2.05. The summed E-state index contributed by atoms with van der Waals surface area (Å²) in [6, 6.07) is 5.59. The lowest BCUT2D eigenvalue weighted by molar-refractivity contribution is 0.592. The SMILES string of the molecule is C[Si](C)(C)C#Cc1cncc2oc(-c3ccc(F)cc3)nc(=O)c12. The molecule has 0 spiro atoms. The van der Waals surface area contributed by atoms with Gasteiger partial charge in [-0.05, 0) is 24.3 Å². The molecule has 0 aliphatic rings. The molecular weight excluding hydrogens is 323 g/mol. The number of hydrogen-bond donors (Lipinski definition) is 0. The minimum absolute atomic E-state index is 0.129. The van der Waals surface area contributed by atoms with Crippen molar-refractivity contribution in [3.05, 3.63) is 58.4 Å². The van der Waals surface area contributed by atoms with Crippen molar-refractivity contribution in [3.63, 3.8) is 0 Å². The van der Waals surface area contributed by atoms with Gasteiger partial charge in [-0.1, -0.05) is 25.6 Å². The summed E-state index contributed by atoms with van der Waals surface area (Å²) < 4.78 is 18.7. The maximum Gasteiger partial charge on any atom is 0.285 e. The lowest BCUT2D eigenvalue weighted by atomic mass is 10.2. The molecule has 0 fully saturated rings. The quantitative estimate of drug-likeness (QED) is 0.502. The summed E-state index contributed by atoms with van der Waals surface area (Å²) in [5.74, 6) is 2.80. The highest BCUT2D eigenvalue weighted by Crippen LogP contribution is 2.21. The van der Waals surface area contributed by atoms with Gasteiger partial charge in [0.05, 0.1) is 11.8 Å². The summed E-state index contributed by atoms with van der Waals surface area (Å²) in [4.78, 5) is 20.5. The van der Waals surface area contributed by atoms with Gasteiger partial charge < -0.3 is 4.42 Å². The molecule has 0 amide bonds. The molecule has 2 heterocycles. The average Bonchev–Trinajstić information content (AvgIpc) is 2.52. The molecule has 3 rings (SSSR count). The molecule has 0 radical (unpaired) electrons. The number of rotatable bonds is 1. The fourth-order valence-electron chi connectivity index (χ4n) is 2.08. The molecule has 0 aliphatic carbocycles. The average molecular weight is 338 g/mol. The van der Waals surface area contributed by atoms with Crippen LogP contribution in [-0.4, -0.2) is 18.0 Å². The molecule has 1 aromatic carbocycles. The smallest absolute Gasteiger partial charge is 0.285 e. The van der Waals surface area contributed by atoms with Crippen LogP contribution in [0.3, 0.4) is 0 Å². The monoisotopic (exact) mass is 338 g/mol. The molecule has 0 unspecified atom stereocenters. The zero-order chi connectivity index (χ0) is 17.3. The first kappa shape index (κ1) is 16.1. The summed E-state index contributed by atoms with van der Waals surface area (Å²) in [5.41, 5.74) is 4.13. The van der Waals surface area contributed by atoms with Crippen molar-refractivity contribution in [1.29, 1.82) is 0 Å². The van der Waals surface area contributed by atoms with E-state index in [0.29, 0.717) is 22.1 Å². The highest BCUT2D eigenvalue weighted by Gasteiger charge is 2.13. The minimum atomic E-state index is -1.59. The second-order valence-electron chi connectivity index (χ2n) is 6.39. The summed E-state index contributed by atoms with van der Waals surface area (Å²) in [6.07, 6.45) is 3.01. The summed E-state index contributed by atoms with van der Waals surface area (Å²) in [6.45, 7) is 6.35. The van der Waals surface area contributed by atoms with E-state index >= 15 is 0 Å². The number of hydrogen-bond acceptors (Lipinski definition) is 4. The van der Waals surface area contributed by atoms with Crippen LogP contribution in [0.25, 0.3) is 22.4 Å². The second kappa shape index (κ2) is 6.02. The first-order valence-electron chi connectivity index (χ1n) is 7.41. The van der Waals surface area contributed by atoms with Crippen LogP contribution in [0.15, 0.2) is 45.9 Å². The van der Waals surface area contributed by atoms with Gasteiger partial charge in [0.15, 0.2) is 5.58 Å². The number of benzene rings is 1. The zero-order valence-corrected chi connectivity index (χ0v) is 14.6. The number of pyridine rings is 1. The van der Waals surface area contributed by atoms with Crippen molar-refractivity contribution >= 4 is 19.0 Å². The van der Waals surface area contributed by atoms with Gasteiger partial charge in [-0.3, -0.25) is 9.78 Å². The molecule has 3 aromatic rings. The third-order valence-corrected chi connectivity index (χ3v) is 4.07. The van der Waals surface area contributed by atoms with E-state index in [1.165, 1.54) is 30.5 Å². The van der Waals surface area contributed by atoms with E-state index in [1.807, 2.05) is 0 Å². The van der Waals surface area contributed by atoms with E-state index in [2.05, 4.69) is 41.1 Å². The Hall–Kier alpha value is -2.78. The maximum atomic E-state index is 13.0. The van der Waals surface area contributed by atoms with E-state index < -0.39 is 13.6 Å². The molecule has 4 nitrogen and oxygen atoms in total. The standard InChI is InChI=1S/C18H15FN2O2Si/c1-24(2,3)9-8-13-10-20-11-15-16(13)17(22)21-18(23-15)12-4-6-14(19)7-5-12/h4-7,10-11H,1-3H3. The summed E-state index contributed by atoms with van der Waals surface area (Å²) >= 11 is 0. The Morgan fingerprint density at radius 1 is 1.12 bits per heavy atom. The summed E-state index contributed by atoms with van der Waals surface area (Å²) in [5, 5.41) is 0.321. The van der Waals surface area contributed by atoms with Crippen LogP contribution in [0.1, 0.15) is 5.56 Å². The van der Waals surface area contributed by atoms with Crippen LogP contribution < -0.4 is 5.56 Å². The number of nitrogens with zero attached hydrogens (tertiary/aromatic N) is 2. The van der Waals surface area contributed by atoms with Crippen molar-refractivity contribution in [3.8, 4) is 22.9 Å². The number of fused-ring (bicyclic) bond motifs is 1. The summed E-state index contributed by atoms with van der Waals surface area (Å²) in [7, 11) is -1.59. The van der Waals surface area contributed by atoms with Crippen molar-refractivity contribution in [2.45, 2.75) is 19.6 Å². The fourth-order valence-corrected chi connectivity index (χ4v) is 2.59. The predicted molar refractivity (Wildman–Crippen MR) is 93.7 cm³/mol.